The molecule has 0 aliphatic carbocycles. The molecule has 8 nitrogen and oxygen atoms in total. The topological polar surface area (TPSA) is 104 Å². The summed E-state index contributed by atoms with van der Waals surface area (Å²) in [6, 6.07) is 4.03. The molecule has 4 heterocycles. The van der Waals surface area contributed by atoms with Gasteiger partial charge in [-0.1, -0.05) is 6.92 Å². The fraction of sp³-hybridized carbons (Fsp3) is 0.650. The number of ether oxygens (including phenoxy) is 1. The molecule has 0 saturated carbocycles. The van der Waals surface area contributed by atoms with Crippen LogP contribution in [0.1, 0.15) is 37.6 Å². The van der Waals surface area contributed by atoms with E-state index in [-0.39, 0.29) is 6.42 Å². The van der Waals surface area contributed by atoms with Crippen LogP contribution in [0.5, 0.6) is 0 Å². The van der Waals surface area contributed by atoms with Gasteiger partial charge >= 0.3 is 0 Å². The fourth-order valence-corrected chi connectivity index (χ4v) is 5.70. The van der Waals surface area contributed by atoms with Gasteiger partial charge in [0.1, 0.15) is 10.8 Å². The standard InChI is InChI=1S/C20H29N5O3S/c1-2-7-20(19(21)26,25(27)10-3-4-11-25)14-17-23-18-15(29-17)5-6-16(22-18)24-8-12-28-13-9-24/h5-6H,2-4,7-14H2,1H3,(H2,21,26). The number of hydroxylamine groups is 3. The molecular weight excluding hydrogens is 390 g/mol. The number of aromatic nitrogens is 2. The van der Waals surface area contributed by atoms with Gasteiger partial charge in [0.25, 0.3) is 5.91 Å². The maximum atomic E-state index is 13.6. The Kier molecular flexibility index (Phi) is 5.74. The number of hydrogen-bond acceptors (Lipinski definition) is 7. The molecule has 2 aliphatic heterocycles. The van der Waals surface area contributed by atoms with Crippen LogP contribution in [-0.2, 0) is 16.0 Å². The van der Waals surface area contributed by atoms with E-state index in [2.05, 4.69) is 4.90 Å². The predicted molar refractivity (Wildman–Crippen MR) is 114 cm³/mol. The summed E-state index contributed by atoms with van der Waals surface area (Å²) in [5.74, 6) is 0.386. The van der Waals surface area contributed by atoms with Crippen molar-refractivity contribution >= 4 is 33.4 Å². The number of quaternary nitrogens is 1. The first-order chi connectivity index (χ1) is 14.0. The second kappa shape index (κ2) is 8.14. The Morgan fingerprint density at radius 1 is 1.31 bits per heavy atom. The molecule has 2 aromatic rings. The SMILES string of the molecule is CCCC(Cc1nc2nc(N3CCOCC3)ccc2s1)(C(N)=O)[N+]1([O-])CCCC1. The number of morpholine rings is 1. The first kappa shape index (κ1) is 20.5. The van der Waals surface area contributed by atoms with Gasteiger partial charge in [-0.25, -0.2) is 9.97 Å². The molecule has 29 heavy (non-hydrogen) atoms. The number of anilines is 1. The maximum absolute atomic E-state index is 13.6. The van der Waals surface area contributed by atoms with Crippen molar-refractivity contribution in [1.82, 2.24) is 9.97 Å². The number of primary amides is 1. The highest BCUT2D eigenvalue weighted by molar-refractivity contribution is 7.18. The monoisotopic (exact) mass is 419 g/mol. The van der Waals surface area contributed by atoms with Crippen LogP contribution in [0.4, 0.5) is 5.82 Å². The number of likely N-dealkylation sites (tertiary alicyclic amines) is 1. The molecule has 2 aromatic heterocycles. The summed E-state index contributed by atoms with van der Waals surface area (Å²) in [6.45, 7) is 5.92. The molecule has 158 valence electrons. The van der Waals surface area contributed by atoms with Crippen LogP contribution in [0.15, 0.2) is 12.1 Å². The van der Waals surface area contributed by atoms with Gasteiger partial charge in [0.05, 0.1) is 37.4 Å². The van der Waals surface area contributed by atoms with Gasteiger partial charge in [0, 0.05) is 32.4 Å². The van der Waals surface area contributed by atoms with Crippen LogP contribution in [0, 0.1) is 5.21 Å². The first-order valence-corrected chi connectivity index (χ1v) is 11.3. The smallest absolute Gasteiger partial charge is 0.279 e. The van der Waals surface area contributed by atoms with Gasteiger partial charge in [-0.2, -0.15) is 0 Å². The third-order valence-electron chi connectivity index (χ3n) is 6.25. The summed E-state index contributed by atoms with van der Waals surface area (Å²) in [6.07, 6.45) is 3.18. The molecule has 2 aliphatic rings. The molecule has 2 saturated heterocycles. The third-order valence-corrected chi connectivity index (χ3v) is 7.26. The number of rotatable bonds is 7. The molecule has 1 atom stereocenters. The van der Waals surface area contributed by atoms with Crippen molar-refractivity contribution in [2.24, 2.45) is 5.73 Å². The van der Waals surface area contributed by atoms with E-state index < -0.39 is 16.1 Å². The zero-order chi connectivity index (χ0) is 20.5. The summed E-state index contributed by atoms with van der Waals surface area (Å²) in [5.41, 5.74) is 5.40. The zero-order valence-electron chi connectivity index (χ0n) is 16.9. The minimum absolute atomic E-state index is 0.285. The molecule has 0 bridgehead atoms. The molecule has 1 amide bonds. The Balaban J connectivity index is 1.66. The zero-order valence-corrected chi connectivity index (χ0v) is 17.7. The lowest BCUT2D eigenvalue weighted by molar-refractivity contribution is -0.911. The van der Waals surface area contributed by atoms with E-state index in [0.29, 0.717) is 38.4 Å². The molecule has 9 heteroatoms. The number of pyridine rings is 1. The van der Waals surface area contributed by atoms with Crippen LogP contribution in [0.2, 0.25) is 0 Å². The number of nitrogens with zero attached hydrogens (tertiary/aromatic N) is 4. The number of carbonyl (C=O) groups excluding carboxylic acids is 1. The lowest BCUT2D eigenvalue weighted by atomic mass is 9.86. The van der Waals surface area contributed by atoms with E-state index in [1.54, 1.807) is 0 Å². The highest BCUT2D eigenvalue weighted by Crippen LogP contribution is 2.38. The van der Waals surface area contributed by atoms with Gasteiger partial charge in [-0.05, 0) is 18.6 Å². The van der Waals surface area contributed by atoms with Crippen molar-refractivity contribution in [2.45, 2.75) is 44.6 Å². The molecule has 0 aromatic carbocycles. The van der Waals surface area contributed by atoms with Crippen molar-refractivity contribution in [3.8, 4) is 0 Å². The Morgan fingerprint density at radius 3 is 2.69 bits per heavy atom. The van der Waals surface area contributed by atoms with Crippen molar-refractivity contribution in [3.63, 3.8) is 0 Å². The van der Waals surface area contributed by atoms with E-state index in [1.807, 2.05) is 19.1 Å². The Morgan fingerprint density at radius 2 is 2.03 bits per heavy atom. The number of hydrogen-bond donors (Lipinski definition) is 1. The van der Waals surface area contributed by atoms with Crippen LogP contribution in [0.25, 0.3) is 10.3 Å². The summed E-state index contributed by atoms with van der Waals surface area (Å²) in [4.78, 5) is 24.3. The summed E-state index contributed by atoms with van der Waals surface area (Å²) >= 11 is 1.51. The lowest BCUT2D eigenvalue weighted by Crippen LogP contribution is -2.67. The Hall–Kier alpha value is -1.81. The minimum Gasteiger partial charge on any atom is -0.632 e. The third kappa shape index (κ3) is 3.72. The van der Waals surface area contributed by atoms with Gasteiger partial charge in [0.15, 0.2) is 11.2 Å². The number of carbonyl (C=O) groups is 1. The van der Waals surface area contributed by atoms with Crippen LogP contribution < -0.4 is 10.6 Å². The van der Waals surface area contributed by atoms with Gasteiger partial charge in [0.2, 0.25) is 0 Å². The van der Waals surface area contributed by atoms with E-state index >= 15 is 0 Å². The summed E-state index contributed by atoms with van der Waals surface area (Å²) in [5, 5.41) is 14.4. The second-order valence-electron chi connectivity index (χ2n) is 8.06. The van der Waals surface area contributed by atoms with E-state index in [4.69, 9.17) is 20.4 Å². The minimum atomic E-state index is -1.15. The van der Waals surface area contributed by atoms with E-state index in [1.165, 1.54) is 11.3 Å². The molecular formula is C20H29N5O3S. The average Bonchev–Trinajstić information content (AvgIpc) is 3.34. The molecule has 0 radical (unpaired) electrons. The van der Waals surface area contributed by atoms with Crippen LogP contribution in [0.3, 0.4) is 0 Å². The Bertz CT molecular complexity index is 876. The van der Waals surface area contributed by atoms with Crippen LogP contribution >= 0.6 is 11.3 Å². The van der Waals surface area contributed by atoms with Crippen molar-refractivity contribution in [3.05, 3.63) is 22.3 Å². The van der Waals surface area contributed by atoms with Gasteiger partial charge in [-0.3, -0.25) is 4.79 Å². The van der Waals surface area contributed by atoms with Gasteiger partial charge < -0.3 is 25.2 Å². The van der Waals surface area contributed by atoms with Crippen molar-refractivity contribution < 1.29 is 14.2 Å². The number of nitrogens with two attached hydrogens (primary N) is 1. The maximum Gasteiger partial charge on any atom is 0.279 e. The summed E-state index contributed by atoms with van der Waals surface area (Å²) < 4.78 is 5.86. The highest BCUT2D eigenvalue weighted by atomic mass is 32.1. The predicted octanol–water partition coefficient (Wildman–Crippen LogP) is 2.20. The van der Waals surface area contributed by atoms with E-state index in [0.717, 1.165) is 47.9 Å². The highest BCUT2D eigenvalue weighted by Gasteiger charge is 2.52. The Labute approximate surface area is 174 Å². The quantitative estimate of drug-likeness (QED) is 0.545. The van der Waals surface area contributed by atoms with Crippen molar-refractivity contribution in [2.75, 3.05) is 44.3 Å². The molecule has 2 fully saturated rings. The first-order valence-electron chi connectivity index (χ1n) is 10.4. The second-order valence-corrected chi connectivity index (χ2v) is 9.18. The number of amides is 1. The van der Waals surface area contributed by atoms with E-state index in [9.17, 15) is 10.0 Å². The fourth-order valence-electron chi connectivity index (χ4n) is 4.68. The van der Waals surface area contributed by atoms with Crippen LogP contribution in [-0.4, -0.2) is 65.5 Å². The number of fused-ring (bicyclic) bond motifs is 1. The van der Waals surface area contributed by atoms with Crippen molar-refractivity contribution in [1.29, 1.82) is 0 Å². The molecule has 2 N–H and O–H groups in total. The lowest BCUT2D eigenvalue weighted by Gasteiger charge is -2.52. The van der Waals surface area contributed by atoms with Gasteiger partial charge in [-0.15, -0.1) is 11.3 Å². The normalized spacial score (nSPS) is 21.4. The average molecular weight is 420 g/mol. The largest absolute Gasteiger partial charge is 0.632 e. The molecule has 0 spiro atoms. The summed E-state index contributed by atoms with van der Waals surface area (Å²) in [7, 11) is 0. The number of thiazole rings is 1. The molecule has 4 rings (SSSR count). The molecule has 1 unspecified atom stereocenters.